The topological polar surface area (TPSA) is 82.8 Å². The van der Waals surface area contributed by atoms with Gasteiger partial charge in [-0.15, -0.1) is 0 Å². The molecule has 6 nitrogen and oxygen atoms in total. The maximum absolute atomic E-state index is 12.2. The molecule has 1 heterocycles. The average molecular weight is 352 g/mol. The fourth-order valence-electron chi connectivity index (χ4n) is 2.53. The molecule has 0 N–H and O–H groups in total. The standard InChI is InChI=1S/C20H16O6/c1-12-7-8-18-14(9-12)15(21)10-19(26-18)20(23)25-11-16(22)13-5-3-4-6-17(13)24-2/h3-10H,11H2,1-2H3. The number of aryl methyl sites for hydroxylation is 1. The summed E-state index contributed by atoms with van der Waals surface area (Å²) in [6.45, 7) is 1.36. The van der Waals surface area contributed by atoms with Crippen molar-refractivity contribution in [1.82, 2.24) is 0 Å². The first kappa shape index (κ1) is 17.4. The quantitative estimate of drug-likeness (QED) is 0.518. The zero-order valence-corrected chi connectivity index (χ0v) is 14.3. The van der Waals surface area contributed by atoms with Crippen LogP contribution in [-0.4, -0.2) is 25.5 Å². The maximum atomic E-state index is 12.2. The van der Waals surface area contributed by atoms with Crippen molar-refractivity contribution < 1.29 is 23.5 Å². The first-order valence-corrected chi connectivity index (χ1v) is 7.87. The van der Waals surface area contributed by atoms with Crippen LogP contribution in [-0.2, 0) is 4.74 Å². The Bertz CT molecular complexity index is 1050. The van der Waals surface area contributed by atoms with E-state index in [1.807, 2.05) is 6.92 Å². The first-order chi connectivity index (χ1) is 12.5. The van der Waals surface area contributed by atoms with E-state index in [1.54, 1.807) is 42.5 Å². The summed E-state index contributed by atoms with van der Waals surface area (Å²) >= 11 is 0. The molecule has 0 atom stereocenters. The lowest BCUT2D eigenvalue weighted by Gasteiger charge is -2.08. The number of hydrogen-bond acceptors (Lipinski definition) is 6. The fraction of sp³-hybridized carbons (Fsp3) is 0.150. The van der Waals surface area contributed by atoms with Gasteiger partial charge in [-0.2, -0.15) is 0 Å². The Morgan fingerprint density at radius 1 is 1.08 bits per heavy atom. The van der Waals surface area contributed by atoms with Crippen LogP contribution in [0, 0.1) is 6.92 Å². The highest BCUT2D eigenvalue weighted by molar-refractivity contribution is 6.01. The molecule has 6 heteroatoms. The van der Waals surface area contributed by atoms with Crippen molar-refractivity contribution in [2.24, 2.45) is 0 Å². The summed E-state index contributed by atoms with van der Waals surface area (Å²) < 4.78 is 15.5. The van der Waals surface area contributed by atoms with E-state index in [9.17, 15) is 14.4 Å². The van der Waals surface area contributed by atoms with Crippen molar-refractivity contribution in [3.8, 4) is 5.75 Å². The van der Waals surface area contributed by atoms with Crippen LogP contribution >= 0.6 is 0 Å². The van der Waals surface area contributed by atoms with Crippen LogP contribution in [0.25, 0.3) is 11.0 Å². The van der Waals surface area contributed by atoms with Gasteiger partial charge in [-0.1, -0.05) is 23.8 Å². The molecule has 0 unspecified atom stereocenters. The summed E-state index contributed by atoms with van der Waals surface area (Å²) in [7, 11) is 1.45. The number of methoxy groups -OCH3 is 1. The number of carbonyl (C=O) groups excluding carboxylic acids is 2. The Hall–Kier alpha value is -3.41. The number of rotatable bonds is 5. The van der Waals surface area contributed by atoms with Gasteiger partial charge in [0, 0.05) is 6.07 Å². The molecule has 0 aliphatic rings. The van der Waals surface area contributed by atoms with Crippen LogP contribution in [0.5, 0.6) is 5.75 Å². The molecule has 0 spiro atoms. The highest BCUT2D eigenvalue weighted by Crippen LogP contribution is 2.18. The molecule has 0 saturated carbocycles. The summed E-state index contributed by atoms with van der Waals surface area (Å²) in [5, 5.41) is 0.381. The molecule has 3 aromatic rings. The predicted octanol–water partition coefficient (Wildman–Crippen LogP) is 3.15. The van der Waals surface area contributed by atoms with E-state index < -0.39 is 18.4 Å². The van der Waals surface area contributed by atoms with Crippen LogP contribution in [0.15, 0.2) is 57.7 Å². The van der Waals surface area contributed by atoms with Crippen LogP contribution < -0.4 is 10.2 Å². The van der Waals surface area contributed by atoms with Crippen molar-refractivity contribution in [3.63, 3.8) is 0 Å². The van der Waals surface area contributed by atoms with Crippen molar-refractivity contribution in [1.29, 1.82) is 0 Å². The third-order valence-electron chi connectivity index (χ3n) is 3.83. The van der Waals surface area contributed by atoms with E-state index in [-0.39, 0.29) is 16.8 Å². The second-order valence-corrected chi connectivity index (χ2v) is 5.67. The van der Waals surface area contributed by atoms with Gasteiger partial charge >= 0.3 is 5.97 Å². The van der Waals surface area contributed by atoms with E-state index in [2.05, 4.69) is 0 Å². The number of Topliss-reactive ketones (excluding diaryl/α,β-unsaturated/α-hetero) is 1. The third-order valence-corrected chi connectivity index (χ3v) is 3.83. The molecule has 0 amide bonds. The highest BCUT2D eigenvalue weighted by atomic mass is 16.5. The number of esters is 1. The lowest BCUT2D eigenvalue weighted by atomic mass is 10.1. The van der Waals surface area contributed by atoms with Gasteiger partial charge in [0.1, 0.15) is 11.3 Å². The van der Waals surface area contributed by atoms with Gasteiger partial charge in [0.2, 0.25) is 11.5 Å². The lowest BCUT2D eigenvalue weighted by molar-refractivity contribution is 0.0443. The molecule has 0 saturated heterocycles. The van der Waals surface area contributed by atoms with Crippen LogP contribution in [0.3, 0.4) is 0 Å². The molecule has 0 bridgehead atoms. The Balaban J connectivity index is 1.78. The van der Waals surface area contributed by atoms with Gasteiger partial charge in [-0.05, 0) is 31.2 Å². The smallest absolute Gasteiger partial charge is 0.374 e. The number of benzene rings is 2. The molecular weight excluding hydrogens is 336 g/mol. The summed E-state index contributed by atoms with van der Waals surface area (Å²) in [4.78, 5) is 36.5. The normalized spacial score (nSPS) is 10.5. The third kappa shape index (κ3) is 3.49. The van der Waals surface area contributed by atoms with Gasteiger partial charge in [0.05, 0.1) is 18.1 Å². The predicted molar refractivity (Wildman–Crippen MR) is 94.8 cm³/mol. The maximum Gasteiger partial charge on any atom is 0.374 e. The zero-order valence-electron chi connectivity index (χ0n) is 14.3. The molecule has 2 aromatic carbocycles. The minimum atomic E-state index is -0.882. The summed E-state index contributed by atoms with van der Waals surface area (Å²) in [5.41, 5.74) is 1.14. The summed E-state index contributed by atoms with van der Waals surface area (Å²) in [6, 6.07) is 12.8. The Morgan fingerprint density at radius 3 is 2.62 bits per heavy atom. The zero-order chi connectivity index (χ0) is 18.7. The van der Waals surface area contributed by atoms with Gasteiger partial charge in [0.25, 0.3) is 0 Å². The van der Waals surface area contributed by atoms with Crippen molar-refractivity contribution in [2.45, 2.75) is 6.92 Å². The van der Waals surface area contributed by atoms with Gasteiger partial charge in [-0.25, -0.2) is 4.79 Å². The molecular formula is C20H16O6. The van der Waals surface area contributed by atoms with E-state index in [4.69, 9.17) is 13.9 Å². The van der Waals surface area contributed by atoms with Gasteiger partial charge in [-0.3, -0.25) is 9.59 Å². The molecule has 132 valence electrons. The monoisotopic (exact) mass is 352 g/mol. The molecule has 26 heavy (non-hydrogen) atoms. The molecule has 0 fully saturated rings. The van der Waals surface area contributed by atoms with Gasteiger partial charge < -0.3 is 13.9 Å². The van der Waals surface area contributed by atoms with E-state index >= 15 is 0 Å². The van der Waals surface area contributed by atoms with E-state index in [0.717, 1.165) is 11.6 Å². The first-order valence-electron chi connectivity index (χ1n) is 7.87. The molecule has 0 aliphatic heterocycles. The lowest BCUT2D eigenvalue weighted by Crippen LogP contribution is -2.16. The molecule has 1 aromatic heterocycles. The second kappa shape index (κ2) is 7.23. The largest absolute Gasteiger partial charge is 0.496 e. The Labute approximate surface area is 149 Å². The van der Waals surface area contributed by atoms with Crippen LogP contribution in [0.1, 0.15) is 26.5 Å². The van der Waals surface area contributed by atoms with Crippen molar-refractivity contribution in [2.75, 3.05) is 13.7 Å². The molecule has 0 radical (unpaired) electrons. The number of carbonyl (C=O) groups is 2. The van der Waals surface area contributed by atoms with Crippen molar-refractivity contribution in [3.05, 3.63) is 75.6 Å². The minimum Gasteiger partial charge on any atom is -0.496 e. The summed E-state index contributed by atoms with van der Waals surface area (Å²) in [6.07, 6.45) is 0. The summed E-state index contributed by atoms with van der Waals surface area (Å²) in [5.74, 6) is -1.16. The molecule has 3 rings (SSSR count). The average Bonchev–Trinajstić information content (AvgIpc) is 2.66. The van der Waals surface area contributed by atoms with E-state index in [1.165, 1.54) is 7.11 Å². The Morgan fingerprint density at radius 2 is 1.85 bits per heavy atom. The highest BCUT2D eigenvalue weighted by Gasteiger charge is 2.18. The number of ether oxygens (including phenoxy) is 2. The second-order valence-electron chi connectivity index (χ2n) is 5.67. The van der Waals surface area contributed by atoms with Crippen molar-refractivity contribution >= 4 is 22.7 Å². The van der Waals surface area contributed by atoms with Crippen LogP contribution in [0.4, 0.5) is 0 Å². The fourth-order valence-corrected chi connectivity index (χ4v) is 2.53. The van der Waals surface area contributed by atoms with Crippen LogP contribution in [0.2, 0.25) is 0 Å². The number of ketones is 1. The van der Waals surface area contributed by atoms with E-state index in [0.29, 0.717) is 16.7 Å². The van der Waals surface area contributed by atoms with Gasteiger partial charge in [0.15, 0.2) is 12.0 Å². The Kier molecular flexibility index (Phi) is 4.84. The SMILES string of the molecule is COc1ccccc1C(=O)COC(=O)c1cc(=O)c2cc(C)ccc2o1. The number of fused-ring (bicyclic) bond motifs is 1. The molecule has 0 aliphatic carbocycles. The number of hydrogen-bond donors (Lipinski definition) is 0. The number of para-hydroxylation sites is 1. The minimum absolute atomic E-state index is 0.251.